The number of rotatable bonds is 13. The monoisotopic (exact) mass is 613 g/mol. The molecule has 8 nitrogen and oxygen atoms in total. The molecule has 3 aromatic rings. The van der Waals surface area contributed by atoms with Crippen LogP contribution in [0.25, 0.3) is 0 Å². The van der Waals surface area contributed by atoms with Gasteiger partial charge in [-0.25, -0.2) is 8.42 Å². The molecule has 2 amide bonds. The fourth-order valence-corrected chi connectivity index (χ4v) is 5.98. The number of hydrogen-bond acceptors (Lipinski definition) is 5. The average Bonchev–Trinajstić information content (AvgIpc) is 2.96. The number of sulfonamides is 1. The van der Waals surface area contributed by atoms with E-state index in [1.165, 1.54) is 29.2 Å². The third-order valence-electron chi connectivity index (χ3n) is 7.02. The summed E-state index contributed by atoms with van der Waals surface area (Å²) < 4.78 is 34.5. The molecule has 0 saturated heterocycles. The zero-order chi connectivity index (χ0) is 31.0. The second-order valence-corrected chi connectivity index (χ2v) is 13.0. The second-order valence-electron chi connectivity index (χ2n) is 10.7. The van der Waals surface area contributed by atoms with Crippen molar-refractivity contribution in [3.63, 3.8) is 0 Å². The Labute approximate surface area is 254 Å². The van der Waals surface area contributed by atoms with Gasteiger partial charge in [0.25, 0.3) is 10.0 Å². The number of benzene rings is 3. The number of carbonyl (C=O) groups is 2. The van der Waals surface area contributed by atoms with E-state index in [1.807, 2.05) is 52.8 Å². The van der Waals surface area contributed by atoms with E-state index in [1.54, 1.807) is 31.4 Å². The molecule has 10 heteroatoms. The van der Waals surface area contributed by atoms with Gasteiger partial charge in [0.05, 0.1) is 17.7 Å². The van der Waals surface area contributed by atoms with Crippen molar-refractivity contribution < 1.29 is 22.7 Å². The lowest BCUT2D eigenvalue weighted by Crippen LogP contribution is -2.52. The normalized spacial score (nSPS) is 12.1. The summed E-state index contributed by atoms with van der Waals surface area (Å²) in [6.07, 6.45) is 0.340. The van der Waals surface area contributed by atoms with E-state index in [0.717, 1.165) is 21.0 Å². The number of hydrogen-bond donors (Lipinski definition) is 1. The van der Waals surface area contributed by atoms with E-state index in [9.17, 15) is 18.0 Å². The zero-order valence-corrected chi connectivity index (χ0v) is 26.6. The highest BCUT2D eigenvalue weighted by Crippen LogP contribution is 2.27. The third-order valence-corrected chi connectivity index (χ3v) is 9.06. The lowest BCUT2D eigenvalue weighted by molar-refractivity contribution is -0.140. The number of nitrogens with one attached hydrogen (secondary N) is 1. The Hall–Kier alpha value is -3.56. The van der Waals surface area contributed by atoms with Gasteiger partial charge in [0.15, 0.2) is 0 Å². The molecule has 1 atom stereocenters. The fourth-order valence-electron chi connectivity index (χ4n) is 4.45. The van der Waals surface area contributed by atoms with E-state index in [0.29, 0.717) is 29.4 Å². The molecule has 0 saturated carbocycles. The van der Waals surface area contributed by atoms with E-state index >= 15 is 0 Å². The van der Waals surface area contributed by atoms with Gasteiger partial charge in [-0.2, -0.15) is 0 Å². The number of carbonyl (C=O) groups excluding carboxylic acids is 2. The minimum Gasteiger partial charge on any atom is -0.497 e. The van der Waals surface area contributed by atoms with Crippen LogP contribution in [0.4, 0.5) is 5.69 Å². The molecule has 42 heavy (non-hydrogen) atoms. The standard InChI is InChI=1S/C32H40ClN3O5S/c1-7-30(32(38)34-19-22(2)3)35(20-25-9-8-10-28(18-25)41-6)31(37)21-36(27-14-11-23(4)24(5)17-27)42(39,40)29-15-12-26(33)13-16-29/h8-18,22,30H,7,19-21H2,1-6H3,(H,34,38). The van der Waals surface area contributed by atoms with Crippen molar-refractivity contribution in [1.82, 2.24) is 10.2 Å². The summed E-state index contributed by atoms with van der Waals surface area (Å²) in [7, 11) is -2.63. The van der Waals surface area contributed by atoms with Gasteiger partial charge in [0.2, 0.25) is 11.8 Å². The van der Waals surface area contributed by atoms with Crippen molar-refractivity contribution in [1.29, 1.82) is 0 Å². The first kappa shape index (κ1) is 32.9. The van der Waals surface area contributed by atoms with Crippen molar-refractivity contribution in [3.8, 4) is 5.75 Å². The molecule has 0 heterocycles. The van der Waals surface area contributed by atoms with Gasteiger partial charge >= 0.3 is 0 Å². The van der Waals surface area contributed by atoms with Gasteiger partial charge in [-0.05, 0) is 91.4 Å². The predicted molar refractivity (Wildman–Crippen MR) is 167 cm³/mol. The highest BCUT2D eigenvalue weighted by atomic mass is 35.5. The molecule has 3 aromatic carbocycles. The van der Waals surface area contributed by atoms with Crippen molar-refractivity contribution in [2.75, 3.05) is 24.5 Å². The number of halogens is 1. The van der Waals surface area contributed by atoms with E-state index < -0.39 is 28.5 Å². The third kappa shape index (κ3) is 8.26. The van der Waals surface area contributed by atoms with Crippen LogP contribution in [0.2, 0.25) is 5.02 Å². The Balaban J connectivity index is 2.08. The second kappa shape index (κ2) is 14.6. The van der Waals surface area contributed by atoms with Crippen LogP contribution in [-0.4, -0.2) is 51.4 Å². The number of nitrogens with zero attached hydrogens (tertiary/aromatic N) is 2. The van der Waals surface area contributed by atoms with Gasteiger partial charge in [-0.15, -0.1) is 0 Å². The van der Waals surface area contributed by atoms with Crippen LogP contribution in [-0.2, 0) is 26.2 Å². The predicted octanol–water partition coefficient (Wildman–Crippen LogP) is 5.74. The molecular weight excluding hydrogens is 574 g/mol. The van der Waals surface area contributed by atoms with Gasteiger partial charge in [0, 0.05) is 18.1 Å². The van der Waals surface area contributed by atoms with Crippen LogP contribution < -0.4 is 14.4 Å². The summed E-state index contributed by atoms with van der Waals surface area (Å²) in [4.78, 5) is 29.0. The molecule has 0 aliphatic rings. The maximum atomic E-state index is 14.2. The first-order valence-corrected chi connectivity index (χ1v) is 15.7. The Bertz CT molecular complexity index is 1490. The summed E-state index contributed by atoms with van der Waals surface area (Å²) in [6.45, 7) is 9.66. The summed E-state index contributed by atoms with van der Waals surface area (Å²) in [5.41, 5.74) is 2.96. The molecule has 0 radical (unpaired) electrons. The summed E-state index contributed by atoms with van der Waals surface area (Å²) in [6, 6.07) is 17.5. The maximum absolute atomic E-state index is 14.2. The Morgan fingerprint density at radius 3 is 2.26 bits per heavy atom. The van der Waals surface area contributed by atoms with Crippen molar-refractivity contribution in [2.45, 2.75) is 58.5 Å². The molecule has 3 rings (SSSR count). The smallest absolute Gasteiger partial charge is 0.264 e. The quantitative estimate of drug-likeness (QED) is 0.265. The van der Waals surface area contributed by atoms with Gasteiger partial charge in [0.1, 0.15) is 18.3 Å². The number of anilines is 1. The topological polar surface area (TPSA) is 96.0 Å². The van der Waals surface area contributed by atoms with Gasteiger partial charge < -0.3 is 15.0 Å². The molecular formula is C32H40ClN3O5S. The molecule has 0 aliphatic heterocycles. The lowest BCUT2D eigenvalue weighted by Gasteiger charge is -2.33. The summed E-state index contributed by atoms with van der Waals surface area (Å²) in [5.74, 6) is 0.0268. The minimum atomic E-state index is -4.18. The lowest BCUT2D eigenvalue weighted by atomic mass is 10.1. The Morgan fingerprint density at radius 2 is 1.67 bits per heavy atom. The van der Waals surface area contributed by atoms with Crippen LogP contribution >= 0.6 is 11.6 Å². The van der Waals surface area contributed by atoms with Gasteiger partial charge in [-0.3, -0.25) is 13.9 Å². The molecule has 0 spiro atoms. The molecule has 0 bridgehead atoms. The van der Waals surface area contributed by atoms with E-state index in [4.69, 9.17) is 16.3 Å². The molecule has 0 aromatic heterocycles. The van der Waals surface area contributed by atoms with Crippen molar-refractivity contribution >= 4 is 39.1 Å². The Morgan fingerprint density at radius 1 is 0.976 bits per heavy atom. The van der Waals surface area contributed by atoms with Crippen LogP contribution in [0.1, 0.15) is 43.9 Å². The maximum Gasteiger partial charge on any atom is 0.264 e. The SMILES string of the molecule is CCC(C(=O)NCC(C)C)N(Cc1cccc(OC)c1)C(=O)CN(c1ccc(C)c(C)c1)S(=O)(=O)c1ccc(Cl)cc1. The molecule has 226 valence electrons. The average molecular weight is 614 g/mol. The number of methoxy groups -OCH3 is 1. The van der Waals surface area contributed by atoms with Crippen LogP contribution in [0.3, 0.4) is 0 Å². The van der Waals surface area contributed by atoms with Crippen LogP contribution in [0.5, 0.6) is 5.75 Å². The van der Waals surface area contributed by atoms with Crippen molar-refractivity contribution in [2.24, 2.45) is 5.92 Å². The fraction of sp³-hybridized carbons (Fsp3) is 0.375. The summed E-state index contributed by atoms with van der Waals surface area (Å²) in [5, 5.41) is 3.33. The first-order valence-electron chi connectivity index (χ1n) is 13.9. The molecule has 0 fully saturated rings. The minimum absolute atomic E-state index is 0.000934. The molecule has 0 aliphatic carbocycles. The largest absolute Gasteiger partial charge is 0.497 e. The van der Waals surface area contributed by atoms with Crippen LogP contribution in [0.15, 0.2) is 71.6 Å². The summed E-state index contributed by atoms with van der Waals surface area (Å²) >= 11 is 6.03. The number of ether oxygens (including phenoxy) is 1. The van der Waals surface area contributed by atoms with Crippen molar-refractivity contribution in [3.05, 3.63) is 88.4 Å². The Kier molecular flexibility index (Phi) is 11.4. The number of amides is 2. The van der Waals surface area contributed by atoms with Gasteiger partial charge in [-0.1, -0.05) is 50.6 Å². The van der Waals surface area contributed by atoms with E-state index in [-0.39, 0.29) is 23.3 Å². The first-order chi connectivity index (χ1) is 19.9. The molecule has 1 unspecified atom stereocenters. The van der Waals surface area contributed by atoms with E-state index in [2.05, 4.69) is 5.32 Å². The molecule has 1 N–H and O–H groups in total. The zero-order valence-electron chi connectivity index (χ0n) is 25.1. The van der Waals surface area contributed by atoms with Crippen LogP contribution in [0, 0.1) is 19.8 Å². The highest BCUT2D eigenvalue weighted by Gasteiger charge is 2.34. The number of aryl methyl sites for hydroxylation is 2. The highest BCUT2D eigenvalue weighted by molar-refractivity contribution is 7.92.